The zero-order chi connectivity index (χ0) is 18.9. The molecular weight excluding hydrogens is 488 g/mol. The number of hydrogen-bond donors (Lipinski definition) is 2. The molecule has 0 saturated heterocycles. The van der Waals surface area contributed by atoms with Gasteiger partial charge in [0.1, 0.15) is 5.82 Å². The average Bonchev–Trinajstić information content (AvgIpc) is 3.34. The summed E-state index contributed by atoms with van der Waals surface area (Å²) in [5, 5.41) is 13.3. The van der Waals surface area contributed by atoms with Gasteiger partial charge >= 0.3 is 0 Å². The minimum absolute atomic E-state index is 0. The summed E-state index contributed by atoms with van der Waals surface area (Å²) in [6, 6.07) is 12.5. The highest BCUT2D eigenvalue weighted by atomic mass is 127. The van der Waals surface area contributed by atoms with Gasteiger partial charge in [-0.3, -0.25) is 4.99 Å². The molecule has 8 heteroatoms. The molecule has 0 aliphatic carbocycles. The second-order valence-electron chi connectivity index (χ2n) is 5.99. The topological polar surface area (TPSA) is 54.2 Å². The lowest BCUT2D eigenvalue weighted by atomic mass is 10.3. The fourth-order valence-corrected chi connectivity index (χ4v) is 3.31. The first-order chi connectivity index (χ1) is 13.2. The van der Waals surface area contributed by atoms with Gasteiger partial charge in [0.15, 0.2) is 5.96 Å². The van der Waals surface area contributed by atoms with Crippen molar-refractivity contribution in [2.24, 2.45) is 4.99 Å². The van der Waals surface area contributed by atoms with Crippen LogP contribution in [0, 0.1) is 5.82 Å². The molecule has 0 aliphatic rings. The number of hydrogen-bond acceptors (Lipinski definition) is 3. The van der Waals surface area contributed by atoms with Crippen LogP contribution in [0.2, 0.25) is 0 Å². The molecule has 1 aromatic carbocycles. The molecular formula is C20H25FIN5S. The van der Waals surface area contributed by atoms with Gasteiger partial charge in [0.2, 0.25) is 0 Å². The lowest BCUT2D eigenvalue weighted by Crippen LogP contribution is -2.38. The zero-order valence-electron chi connectivity index (χ0n) is 15.8. The Balaban J connectivity index is 0.00000280. The molecule has 5 nitrogen and oxygen atoms in total. The van der Waals surface area contributed by atoms with Gasteiger partial charge in [0.05, 0.1) is 11.4 Å². The number of halogens is 2. The van der Waals surface area contributed by atoms with Crippen LogP contribution in [0.25, 0.3) is 5.69 Å². The predicted molar refractivity (Wildman–Crippen MR) is 125 cm³/mol. The maximum atomic E-state index is 13.0. The third-order valence-electron chi connectivity index (χ3n) is 3.96. The van der Waals surface area contributed by atoms with E-state index in [0.717, 1.165) is 49.8 Å². The molecule has 0 atom stereocenters. The third kappa shape index (κ3) is 6.90. The van der Waals surface area contributed by atoms with Crippen LogP contribution in [-0.4, -0.2) is 35.4 Å². The average molecular weight is 513 g/mol. The van der Waals surface area contributed by atoms with Crippen LogP contribution in [0.5, 0.6) is 0 Å². The van der Waals surface area contributed by atoms with E-state index in [4.69, 9.17) is 0 Å². The van der Waals surface area contributed by atoms with E-state index in [1.807, 2.05) is 12.3 Å². The van der Waals surface area contributed by atoms with Crippen molar-refractivity contribution in [1.82, 2.24) is 20.4 Å². The second kappa shape index (κ2) is 11.8. The summed E-state index contributed by atoms with van der Waals surface area (Å²) < 4.78 is 14.8. The van der Waals surface area contributed by atoms with E-state index in [1.54, 1.807) is 28.2 Å². The summed E-state index contributed by atoms with van der Waals surface area (Å²) in [5.74, 6) is 0.580. The predicted octanol–water partition coefficient (Wildman–Crippen LogP) is 4.03. The SMILES string of the molecule is CCNC(=NCCc1cccs1)NCCc1ccn(-c2ccc(F)cc2)n1.I. The Labute approximate surface area is 186 Å². The van der Waals surface area contributed by atoms with Gasteiger partial charge in [-0.25, -0.2) is 9.07 Å². The number of thiophene rings is 1. The maximum absolute atomic E-state index is 13.0. The van der Waals surface area contributed by atoms with Gasteiger partial charge in [-0.2, -0.15) is 5.10 Å². The molecule has 0 spiro atoms. The van der Waals surface area contributed by atoms with E-state index in [1.165, 1.54) is 17.0 Å². The van der Waals surface area contributed by atoms with Crippen molar-refractivity contribution < 1.29 is 4.39 Å². The van der Waals surface area contributed by atoms with Crippen molar-refractivity contribution in [3.05, 3.63) is 70.4 Å². The van der Waals surface area contributed by atoms with Crippen molar-refractivity contribution in [1.29, 1.82) is 0 Å². The minimum atomic E-state index is -0.246. The van der Waals surface area contributed by atoms with Crippen LogP contribution in [0.15, 0.2) is 59.0 Å². The van der Waals surface area contributed by atoms with E-state index in [0.29, 0.717) is 0 Å². The van der Waals surface area contributed by atoms with E-state index in [2.05, 4.69) is 45.2 Å². The molecule has 150 valence electrons. The van der Waals surface area contributed by atoms with Crippen molar-refractivity contribution in [2.45, 2.75) is 19.8 Å². The van der Waals surface area contributed by atoms with Crippen molar-refractivity contribution in [3.63, 3.8) is 0 Å². The van der Waals surface area contributed by atoms with Crippen LogP contribution >= 0.6 is 35.3 Å². The Hall–Kier alpha value is -1.94. The van der Waals surface area contributed by atoms with Gasteiger partial charge in [-0.05, 0) is 48.7 Å². The first-order valence-corrected chi connectivity index (χ1v) is 9.97. The molecule has 0 amide bonds. The molecule has 0 aliphatic heterocycles. The van der Waals surface area contributed by atoms with Crippen LogP contribution in [-0.2, 0) is 12.8 Å². The van der Waals surface area contributed by atoms with Crippen LogP contribution in [0.3, 0.4) is 0 Å². The molecule has 2 aromatic heterocycles. The quantitative estimate of drug-likeness (QED) is 0.272. The van der Waals surface area contributed by atoms with E-state index in [-0.39, 0.29) is 29.8 Å². The molecule has 0 radical (unpaired) electrons. The first kappa shape index (κ1) is 22.4. The van der Waals surface area contributed by atoms with Gasteiger partial charge in [-0.15, -0.1) is 35.3 Å². The number of guanidine groups is 1. The fraction of sp³-hybridized carbons (Fsp3) is 0.300. The number of aromatic nitrogens is 2. The van der Waals surface area contributed by atoms with Gasteiger partial charge < -0.3 is 10.6 Å². The normalized spacial score (nSPS) is 11.1. The first-order valence-electron chi connectivity index (χ1n) is 9.09. The summed E-state index contributed by atoms with van der Waals surface area (Å²) in [7, 11) is 0. The van der Waals surface area contributed by atoms with E-state index < -0.39 is 0 Å². The molecule has 0 unspecified atom stereocenters. The van der Waals surface area contributed by atoms with Crippen molar-refractivity contribution >= 4 is 41.3 Å². The van der Waals surface area contributed by atoms with Crippen LogP contribution in [0.1, 0.15) is 17.5 Å². The van der Waals surface area contributed by atoms with Gasteiger partial charge in [0, 0.05) is 43.5 Å². The fourth-order valence-electron chi connectivity index (χ4n) is 2.62. The molecule has 0 bridgehead atoms. The second-order valence-corrected chi connectivity index (χ2v) is 7.03. The Morgan fingerprint density at radius 2 is 1.96 bits per heavy atom. The minimum Gasteiger partial charge on any atom is -0.357 e. The highest BCUT2D eigenvalue weighted by Crippen LogP contribution is 2.10. The van der Waals surface area contributed by atoms with Crippen LogP contribution < -0.4 is 10.6 Å². The third-order valence-corrected chi connectivity index (χ3v) is 4.90. The Kier molecular flexibility index (Phi) is 9.42. The number of rotatable bonds is 8. The van der Waals surface area contributed by atoms with Gasteiger partial charge in [-0.1, -0.05) is 6.07 Å². The molecule has 2 heterocycles. The summed E-state index contributed by atoms with van der Waals surface area (Å²) in [5.41, 5.74) is 1.82. The van der Waals surface area contributed by atoms with Crippen LogP contribution in [0.4, 0.5) is 4.39 Å². The van der Waals surface area contributed by atoms with Crippen molar-refractivity contribution in [2.75, 3.05) is 19.6 Å². The molecule has 2 N–H and O–H groups in total. The highest BCUT2D eigenvalue weighted by molar-refractivity contribution is 14.0. The number of benzene rings is 1. The largest absolute Gasteiger partial charge is 0.357 e. The lowest BCUT2D eigenvalue weighted by Gasteiger charge is -2.10. The summed E-state index contributed by atoms with van der Waals surface area (Å²) >= 11 is 1.76. The summed E-state index contributed by atoms with van der Waals surface area (Å²) in [6.45, 7) is 4.38. The maximum Gasteiger partial charge on any atom is 0.191 e. The molecule has 0 saturated carbocycles. The standard InChI is InChI=1S/C20H24FN5S.HI/c1-2-22-20(24-13-10-19-4-3-15-27-19)23-12-9-17-11-14-26(25-17)18-7-5-16(21)6-8-18;/h3-8,11,14-15H,2,9-10,12-13H2,1H3,(H2,22,23,24);1H. The smallest absolute Gasteiger partial charge is 0.191 e. The Morgan fingerprint density at radius 3 is 2.68 bits per heavy atom. The van der Waals surface area contributed by atoms with Gasteiger partial charge in [0.25, 0.3) is 0 Å². The Bertz CT molecular complexity index is 846. The summed E-state index contributed by atoms with van der Waals surface area (Å²) in [4.78, 5) is 5.97. The van der Waals surface area contributed by atoms with Crippen molar-refractivity contribution in [3.8, 4) is 5.69 Å². The molecule has 28 heavy (non-hydrogen) atoms. The van der Waals surface area contributed by atoms with E-state index >= 15 is 0 Å². The lowest BCUT2D eigenvalue weighted by molar-refractivity contribution is 0.627. The molecule has 3 rings (SSSR count). The highest BCUT2D eigenvalue weighted by Gasteiger charge is 2.03. The number of nitrogens with one attached hydrogen (secondary N) is 2. The number of aliphatic imine (C=N–C) groups is 1. The molecule has 3 aromatic rings. The molecule has 0 fully saturated rings. The Morgan fingerprint density at radius 1 is 1.14 bits per heavy atom. The van der Waals surface area contributed by atoms with E-state index in [9.17, 15) is 4.39 Å². The summed E-state index contributed by atoms with van der Waals surface area (Å²) in [6.07, 6.45) is 3.63. The number of nitrogens with zero attached hydrogens (tertiary/aromatic N) is 3. The zero-order valence-corrected chi connectivity index (χ0v) is 18.9. The monoisotopic (exact) mass is 513 g/mol.